The number of anilines is 1. The van der Waals surface area contributed by atoms with Gasteiger partial charge in [0.05, 0.1) is 10.6 Å². The van der Waals surface area contributed by atoms with Crippen LogP contribution >= 0.6 is 0 Å². The maximum absolute atomic E-state index is 13.3. The highest BCUT2D eigenvalue weighted by Crippen LogP contribution is 2.24. The quantitative estimate of drug-likeness (QED) is 0.513. The smallest absolute Gasteiger partial charge is 0.264 e. The molecule has 0 saturated carbocycles. The van der Waals surface area contributed by atoms with Crippen molar-refractivity contribution in [3.05, 3.63) is 95.6 Å². The number of piperazine rings is 1. The molecular weight excluding hydrogens is 446 g/mol. The van der Waals surface area contributed by atoms with Crippen LogP contribution in [0.15, 0.2) is 83.8 Å². The molecule has 0 spiro atoms. The molecule has 4 rings (SSSR count). The standard InChI is InChI=1S/C27H31N3O3S/c1-3-30(25-12-5-4-6-13-25)34(32,33)26-14-8-11-24(20-26)27(31)29-17-15-28(16-18-29)21-23-10-7-9-22(2)19-23/h4-14,19-20H,3,15-18,21H2,1-2H3. The van der Waals surface area contributed by atoms with E-state index < -0.39 is 10.0 Å². The third-order valence-electron chi connectivity index (χ3n) is 6.15. The molecule has 1 fully saturated rings. The minimum atomic E-state index is -3.78. The van der Waals surface area contributed by atoms with E-state index in [1.54, 1.807) is 37.3 Å². The minimum Gasteiger partial charge on any atom is -0.336 e. The first-order chi connectivity index (χ1) is 16.4. The average molecular weight is 478 g/mol. The lowest BCUT2D eigenvalue weighted by Gasteiger charge is -2.35. The van der Waals surface area contributed by atoms with Gasteiger partial charge in [-0.1, -0.05) is 54.1 Å². The van der Waals surface area contributed by atoms with E-state index in [1.807, 2.05) is 23.1 Å². The molecule has 1 heterocycles. The summed E-state index contributed by atoms with van der Waals surface area (Å²) in [5.74, 6) is -0.130. The normalized spacial score (nSPS) is 14.7. The van der Waals surface area contributed by atoms with E-state index in [0.29, 0.717) is 30.9 Å². The number of nitrogens with zero attached hydrogens (tertiary/aromatic N) is 3. The van der Waals surface area contributed by atoms with Crippen LogP contribution in [0, 0.1) is 6.92 Å². The number of hydrogen-bond acceptors (Lipinski definition) is 4. The van der Waals surface area contributed by atoms with Gasteiger partial charge >= 0.3 is 0 Å². The lowest BCUT2D eigenvalue weighted by atomic mass is 10.1. The maximum atomic E-state index is 13.3. The van der Waals surface area contributed by atoms with Gasteiger partial charge in [0.15, 0.2) is 0 Å². The molecule has 3 aromatic carbocycles. The van der Waals surface area contributed by atoms with Crippen molar-refractivity contribution in [3.63, 3.8) is 0 Å². The second-order valence-corrected chi connectivity index (χ2v) is 10.5. The average Bonchev–Trinajstić information content (AvgIpc) is 2.85. The zero-order valence-electron chi connectivity index (χ0n) is 19.7. The second-order valence-electron chi connectivity index (χ2n) is 8.59. The van der Waals surface area contributed by atoms with Gasteiger partial charge in [-0.15, -0.1) is 0 Å². The summed E-state index contributed by atoms with van der Waals surface area (Å²) >= 11 is 0. The van der Waals surface area contributed by atoms with Crippen LogP contribution in [0.2, 0.25) is 0 Å². The van der Waals surface area contributed by atoms with Gasteiger partial charge in [-0.2, -0.15) is 0 Å². The second kappa shape index (κ2) is 10.4. The maximum Gasteiger partial charge on any atom is 0.264 e. The molecule has 0 N–H and O–H groups in total. The number of carbonyl (C=O) groups is 1. The molecule has 0 radical (unpaired) electrons. The minimum absolute atomic E-state index is 0.127. The van der Waals surface area contributed by atoms with Gasteiger partial charge in [0.2, 0.25) is 0 Å². The number of rotatable bonds is 7. The third-order valence-corrected chi connectivity index (χ3v) is 8.05. The lowest BCUT2D eigenvalue weighted by Crippen LogP contribution is -2.48. The summed E-state index contributed by atoms with van der Waals surface area (Å²) in [5.41, 5.74) is 3.52. The Morgan fingerprint density at radius 2 is 1.59 bits per heavy atom. The fourth-order valence-corrected chi connectivity index (χ4v) is 5.88. The fraction of sp³-hybridized carbons (Fsp3) is 0.296. The predicted octanol–water partition coefficient (Wildman–Crippen LogP) is 4.17. The fourth-order valence-electron chi connectivity index (χ4n) is 4.36. The summed E-state index contributed by atoms with van der Waals surface area (Å²) in [5, 5.41) is 0. The molecule has 34 heavy (non-hydrogen) atoms. The van der Waals surface area contributed by atoms with Crippen molar-refractivity contribution >= 4 is 21.6 Å². The number of aryl methyl sites for hydroxylation is 1. The zero-order chi connectivity index (χ0) is 24.1. The summed E-state index contributed by atoms with van der Waals surface area (Å²) in [6.45, 7) is 7.87. The van der Waals surface area contributed by atoms with Gasteiger partial charge < -0.3 is 4.90 Å². The van der Waals surface area contributed by atoms with Crippen molar-refractivity contribution in [2.45, 2.75) is 25.3 Å². The SMILES string of the molecule is CCN(c1ccccc1)S(=O)(=O)c1cccc(C(=O)N2CCN(Cc3cccc(C)c3)CC2)c1. The molecule has 6 nitrogen and oxygen atoms in total. The molecule has 3 aromatic rings. The predicted molar refractivity (Wildman–Crippen MR) is 135 cm³/mol. The molecule has 1 aliphatic rings. The Kier molecular flexibility index (Phi) is 7.34. The van der Waals surface area contributed by atoms with E-state index >= 15 is 0 Å². The molecule has 0 aliphatic carbocycles. The first-order valence-corrected chi connectivity index (χ1v) is 13.1. The Labute approximate surface area is 202 Å². The van der Waals surface area contributed by atoms with Gasteiger partial charge in [0, 0.05) is 44.8 Å². The van der Waals surface area contributed by atoms with E-state index in [1.165, 1.54) is 21.5 Å². The van der Waals surface area contributed by atoms with Crippen molar-refractivity contribution in [2.24, 2.45) is 0 Å². The highest BCUT2D eigenvalue weighted by Gasteiger charge is 2.26. The summed E-state index contributed by atoms with van der Waals surface area (Å²) in [4.78, 5) is 17.5. The van der Waals surface area contributed by atoms with E-state index in [-0.39, 0.29) is 10.8 Å². The molecule has 0 atom stereocenters. The van der Waals surface area contributed by atoms with E-state index in [2.05, 4.69) is 36.1 Å². The van der Waals surface area contributed by atoms with Crippen molar-refractivity contribution in [3.8, 4) is 0 Å². The molecule has 178 valence electrons. The first kappa shape index (κ1) is 24.0. The highest BCUT2D eigenvalue weighted by atomic mass is 32.2. The Balaban J connectivity index is 1.45. The number of sulfonamides is 1. The van der Waals surface area contributed by atoms with Crippen LogP contribution in [-0.4, -0.2) is 56.8 Å². The van der Waals surface area contributed by atoms with E-state index in [9.17, 15) is 13.2 Å². The van der Waals surface area contributed by atoms with Crippen LogP contribution in [-0.2, 0) is 16.6 Å². The van der Waals surface area contributed by atoms with Crippen LogP contribution in [0.25, 0.3) is 0 Å². The van der Waals surface area contributed by atoms with Gasteiger partial charge in [-0.05, 0) is 49.7 Å². The van der Waals surface area contributed by atoms with Gasteiger partial charge in [-0.25, -0.2) is 8.42 Å². The lowest BCUT2D eigenvalue weighted by molar-refractivity contribution is 0.0628. The monoisotopic (exact) mass is 477 g/mol. The van der Waals surface area contributed by atoms with Gasteiger partial charge in [-0.3, -0.25) is 14.0 Å². The van der Waals surface area contributed by atoms with Crippen molar-refractivity contribution in [1.82, 2.24) is 9.80 Å². The Bertz CT molecular complexity index is 1240. The van der Waals surface area contributed by atoms with Crippen molar-refractivity contribution < 1.29 is 13.2 Å². The molecular formula is C27H31N3O3S. The Morgan fingerprint density at radius 3 is 2.26 bits per heavy atom. The zero-order valence-corrected chi connectivity index (χ0v) is 20.5. The van der Waals surface area contributed by atoms with E-state index in [4.69, 9.17) is 0 Å². The third kappa shape index (κ3) is 5.32. The van der Waals surface area contributed by atoms with Gasteiger partial charge in [0.25, 0.3) is 15.9 Å². The molecule has 0 unspecified atom stereocenters. The van der Waals surface area contributed by atoms with Crippen LogP contribution in [0.4, 0.5) is 5.69 Å². The van der Waals surface area contributed by atoms with Crippen LogP contribution < -0.4 is 4.31 Å². The summed E-state index contributed by atoms with van der Waals surface area (Å²) in [7, 11) is -3.78. The topological polar surface area (TPSA) is 60.9 Å². The number of benzene rings is 3. The van der Waals surface area contributed by atoms with Crippen molar-refractivity contribution in [2.75, 3.05) is 37.0 Å². The van der Waals surface area contributed by atoms with E-state index in [0.717, 1.165) is 19.6 Å². The molecule has 7 heteroatoms. The number of amides is 1. The summed E-state index contributed by atoms with van der Waals surface area (Å²) in [6.07, 6.45) is 0. The van der Waals surface area contributed by atoms with Crippen LogP contribution in [0.3, 0.4) is 0 Å². The van der Waals surface area contributed by atoms with Crippen LogP contribution in [0.5, 0.6) is 0 Å². The molecule has 0 aromatic heterocycles. The van der Waals surface area contributed by atoms with Crippen molar-refractivity contribution in [1.29, 1.82) is 0 Å². The molecule has 1 aliphatic heterocycles. The van der Waals surface area contributed by atoms with Crippen LogP contribution in [0.1, 0.15) is 28.4 Å². The molecule has 1 saturated heterocycles. The number of para-hydroxylation sites is 1. The summed E-state index contributed by atoms with van der Waals surface area (Å²) in [6, 6.07) is 23.9. The first-order valence-electron chi connectivity index (χ1n) is 11.6. The molecule has 0 bridgehead atoms. The molecule has 1 amide bonds. The Hall–Kier alpha value is -3.16. The van der Waals surface area contributed by atoms with Gasteiger partial charge in [0.1, 0.15) is 0 Å². The largest absolute Gasteiger partial charge is 0.336 e. The summed E-state index contributed by atoms with van der Waals surface area (Å²) < 4.78 is 28.1. The Morgan fingerprint density at radius 1 is 0.882 bits per heavy atom. The highest BCUT2D eigenvalue weighted by molar-refractivity contribution is 7.92. The number of hydrogen-bond donors (Lipinski definition) is 0. The number of carbonyl (C=O) groups excluding carboxylic acids is 1.